The van der Waals surface area contributed by atoms with Gasteiger partial charge in [-0.05, 0) is 19.2 Å². The minimum Gasteiger partial charge on any atom is -0.228 e. The van der Waals surface area contributed by atoms with Crippen LogP contribution in [0.4, 0.5) is 0 Å². The zero-order valence-corrected chi connectivity index (χ0v) is 12.9. The van der Waals surface area contributed by atoms with E-state index in [1.807, 2.05) is 42.7 Å². The standard InChI is InChI=1S/C18H16N2S/c1-13-8-10-14(11-9-13)16-12-17(21-2)20-18(19-16)15-6-4-3-5-7-15/h3-12H,1-2H3. The molecule has 3 heteroatoms. The van der Waals surface area contributed by atoms with E-state index in [4.69, 9.17) is 4.98 Å². The molecule has 104 valence electrons. The number of aromatic nitrogens is 2. The van der Waals surface area contributed by atoms with Crippen molar-refractivity contribution in [2.24, 2.45) is 0 Å². The monoisotopic (exact) mass is 292 g/mol. The number of hydrogen-bond donors (Lipinski definition) is 0. The molecule has 0 unspecified atom stereocenters. The molecule has 1 aromatic heterocycles. The van der Waals surface area contributed by atoms with Crippen LogP contribution < -0.4 is 0 Å². The highest BCUT2D eigenvalue weighted by Gasteiger charge is 2.08. The maximum atomic E-state index is 4.73. The van der Waals surface area contributed by atoms with E-state index in [-0.39, 0.29) is 0 Å². The van der Waals surface area contributed by atoms with Crippen LogP contribution in [0.5, 0.6) is 0 Å². The van der Waals surface area contributed by atoms with Gasteiger partial charge in [0.15, 0.2) is 5.82 Å². The first-order chi connectivity index (χ1) is 10.3. The van der Waals surface area contributed by atoms with Crippen LogP contribution in [-0.2, 0) is 0 Å². The fraction of sp³-hybridized carbons (Fsp3) is 0.111. The fourth-order valence-corrected chi connectivity index (χ4v) is 2.53. The van der Waals surface area contributed by atoms with E-state index in [1.165, 1.54) is 5.56 Å². The second-order valence-electron chi connectivity index (χ2n) is 4.85. The van der Waals surface area contributed by atoms with Crippen molar-refractivity contribution < 1.29 is 0 Å². The normalized spacial score (nSPS) is 10.6. The molecule has 0 amide bonds. The van der Waals surface area contributed by atoms with Gasteiger partial charge in [-0.25, -0.2) is 9.97 Å². The highest BCUT2D eigenvalue weighted by atomic mass is 32.2. The summed E-state index contributed by atoms with van der Waals surface area (Å²) in [5.74, 6) is 0.776. The summed E-state index contributed by atoms with van der Waals surface area (Å²) in [6, 6.07) is 20.6. The second kappa shape index (κ2) is 6.10. The molecule has 0 bridgehead atoms. The zero-order valence-electron chi connectivity index (χ0n) is 12.1. The summed E-state index contributed by atoms with van der Waals surface area (Å²) in [7, 11) is 0. The summed E-state index contributed by atoms with van der Waals surface area (Å²) >= 11 is 1.64. The molecule has 0 N–H and O–H groups in total. The van der Waals surface area contributed by atoms with Crippen LogP contribution in [0.2, 0.25) is 0 Å². The maximum absolute atomic E-state index is 4.73. The van der Waals surface area contributed by atoms with Crippen molar-refractivity contribution in [2.75, 3.05) is 6.26 Å². The van der Waals surface area contributed by atoms with Gasteiger partial charge in [-0.1, -0.05) is 60.2 Å². The Hall–Kier alpha value is -2.13. The lowest BCUT2D eigenvalue weighted by atomic mass is 10.1. The predicted molar refractivity (Wildman–Crippen MR) is 89.4 cm³/mol. The number of nitrogens with zero attached hydrogens (tertiary/aromatic N) is 2. The minimum atomic E-state index is 0.776. The summed E-state index contributed by atoms with van der Waals surface area (Å²) in [6.07, 6.45) is 2.04. The molecule has 0 fully saturated rings. The fourth-order valence-electron chi connectivity index (χ4n) is 2.12. The minimum absolute atomic E-state index is 0.776. The average molecular weight is 292 g/mol. The molecular weight excluding hydrogens is 276 g/mol. The number of hydrogen-bond acceptors (Lipinski definition) is 3. The van der Waals surface area contributed by atoms with Crippen LogP contribution in [0.1, 0.15) is 5.56 Å². The predicted octanol–water partition coefficient (Wildman–Crippen LogP) is 4.84. The Kier molecular flexibility index (Phi) is 4.02. The Balaban J connectivity index is 2.11. The van der Waals surface area contributed by atoms with Crippen molar-refractivity contribution in [3.05, 3.63) is 66.2 Å². The Labute approximate surface area is 129 Å². The van der Waals surface area contributed by atoms with Crippen molar-refractivity contribution in [1.82, 2.24) is 9.97 Å². The van der Waals surface area contributed by atoms with E-state index in [2.05, 4.69) is 36.2 Å². The van der Waals surface area contributed by atoms with Gasteiger partial charge in [0, 0.05) is 11.1 Å². The molecular formula is C18H16N2S. The van der Waals surface area contributed by atoms with Crippen molar-refractivity contribution in [2.45, 2.75) is 11.9 Å². The molecule has 21 heavy (non-hydrogen) atoms. The van der Waals surface area contributed by atoms with Crippen LogP contribution in [-0.4, -0.2) is 16.2 Å². The molecule has 0 radical (unpaired) electrons. The van der Waals surface area contributed by atoms with Gasteiger partial charge in [-0.3, -0.25) is 0 Å². The van der Waals surface area contributed by atoms with Crippen molar-refractivity contribution in [3.63, 3.8) is 0 Å². The third kappa shape index (κ3) is 3.14. The van der Waals surface area contributed by atoms with Crippen molar-refractivity contribution >= 4 is 11.8 Å². The van der Waals surface area contributed by atoms with Crippen LogP contribution in [0.15, 0.2) is 65.7 Å². The first-order valence-corrected chi connectivity index (χ1v) is 8.04. The molecule has 1 heterocycles. The zero-order chi connectivity index (χ0) is 14.7. The molecule has 0 aliphatic carbocycles. The van der Waals surface area contributed by atoms with E-state index in [0.29, 0.717) is 0 Å². The van der Waals surface area contributed by atoms with Crippen LogP contribution in [0.25, 0.3) is 22.6 Å². The van der Waals surface area contributed by atoms with Gasteiger partial charge in [-0.2, -0.15) is 0 Å². The van der Waals surface area contributed by atoms with Gasteiger partial charge < -0.3 is 0 Å². The van der Waals surface area contributed by atoms with E-state index in [9.17, 15) is 0 Å². The molecule has 0 aliphatic rings. The molecule has 0 aliphatic heterocycles. The Morgan fingerprint density at radius 1 is 0.810 bits per heavy atom. The van der Waals surface area contributed by atoms with Gasteiger partial charge in [0.2, 0.25) is 0 Å². The lowest BCUT2D eigenvalue weighted by molar-refractivity contribution is 1.07. The molecule has 3 rings (SSSR count). The third-order valence-corrected chi connectivity index (χ3v) is 3.92. The van der Waals surface area contributed by atoms with E-state index < -0.39 is 0 Å². The Bertz CT molecular complexity index is 737. The first kappa shape index (κ1) is 13.8. The van der Waals surface area contributed by atoms with Gasteiger partial charge >= 0.3 is 0 Å². The van der Waals surface area contributed by atoms with E-state index in [0.717, 1.165) is 27.7 Å². The SMILES string of the molecule is CSc1cc(-c2ccc(C)cc2)nc(-c2ccccc2)n1. The molecule has 3 aromatic rings. The maximum Gasteiger partial charge on any atom is 0.161 e. The van der Waals surface area contributed by atoms with Crippen LogP contribution in [0.3, 0.4) is 0 Å². The molecule has 2 nitrogen and oxygen atoms in total. The van der Waals surface area contributed by atoms with Gasteiger partial charge in [-0.15, -0.1) is 11.8 Å². The highest BCUT2D eigenvalue weighted by molar-refractivity contribution is 7.98. The van der Waals surface area contributed by atoms with E-state index >= 15 is 0 Å². The topological polar surface area (TPSA) is 25.8 Å². The lowest BCUT2D eigenvalue weighted by Gasteiger charge is -2.07. The lowest BCUT2D eigenvalue weighted by Crippen LogP contribution is -1.94. The van der Waals surface area contributed by atoms with Gasteiger partial charge in [0.05, 0.1) is 5.69 Å². The number of thioether (sulfide) groups is 1. The quantitative estimate of drug-likeness (QED) is 0.510. The number of aryl methyl sites for hydroxylation is 1. The van der Waals surface area contributed by atoms with Crippen molar-refractivity contribution in [1.29, 1.82) is 0 Å². The summed E-state index contributed by atoms with van der Waals surface area (Å²) in [5.41, 5.74) is 4.38. The van der Waals surface area contributed by atoms with Crippen molar-refractivity contribution in [3.8, 4) is 22.6 Å². The summed E-state index contributed by atoms with van der Waals surface area (Å²) in [5, 5.41) is 0.986. The first-order valence-electron chi connectivity index (χ1n) is 6.82. The summed E-state index contributed by atoms with van der Waals surface area (Å²) < 4.78 is 0. The average Bonchev–Trinajstić information content (AvgIpc) is 2.56. The third-order valence-electron chi connectivity index (χ3n) is 3.29. The number of benzene rings is 2. The van der Waals surface area contributed by atoms with E-state index in [1.54, 1.807) is 11.8 Å². The Morgan fingerprint density at radius 3 is 2.19 bits per heavy atom. The largest absolute Gasteiger partial charge is 0.228 e. The second-order valence-corrected chi connectivity index (χ2v) is 5.68. The molecule has 2 aromatic carbocycles. The summed E-state index contributed by atoms with van der Waals surface area (Å²) in [6.45, 7) is 2.09. The Morgan fingerprint density at radius 2 is 1.52 bits per heavy atom. The van der Waals surface area contributed by atoms with Crippen LogP contribution >= 0.6 is 11.8 Å². The van der Waals surface area contributed by atoms with Crippen LogP contribution in [0, 0.1) is 6.92 Å². The molecule has 0 saturated heterocycles. The molecule has 0 saturated carbocycles. The highest BCUT2D eigenvalue weighted by Crippen LogP contribution is 2.25. The van der Waals surface area contributed by atoms with Gasteiger partial charge in [0.1, 0.15) is 5.03 Å². The smallest absolute Gasteiger partial charge is 0.161 e. The van der Waals surface area contributed by atoms with Gasteiger partial charge in [0.25, 0.3) is 0 Å². The molecule has 0 spiro atoms. The summed E-state index contributed by atoms with van der Waals surface area (Å²) in [4.78, 5) is 9.34. The molecule has 0 atom stereocenters. The number of rotatable bonds is 3.